The van der Waals surface area contributed by atoms with Gasteiger partial charge < -0.3 is 4.57 Å². The number of nitrogens with zero attached hydrogens (tertiary/aromatic N) is 1. The number of para-hydroxylation sites is 1. The zero-order valence-electron chi connectivity index (χ0n) is 10.9. The highest BCUT2D eigenvalue weighted by Gasteiger charge is 2.26. The lowest BCUT2D eigenvalue weighted by Gasteiger charge is -2.00. The van der Waals surface area contributed by atoms with Crippen LogP contribution in [0.15, 0.2) is 66.2 Å². The first-order chi connectivity index (χ1) is 9.83. The Bertz CT molecular complexity index is 840. The SMILES string of the molecule is O=C1/C(=C/c2ccccc2)Cn2c1cc1ccccc12. The number of allylic oxidation sites excluding steroid dienone is 1. The molecule has 0 radical (unpaired) electrons. The van der Waals surface area contributed by atoms with Gasteiger partial charge in [-0.25, -0.2) is 0 Å². The molecule has 0 aliphatic carbocycles. The van der Waals surface area contributed by atoms with Crippen LogP contribution in [-0.2, 0) is 6.54 Å². The summed E-state index contributed by atoms with van der Waals surface area (Å²) < 4.78 is 2.10. The van der Waals surface area contributed by atoms with Crippen LogP contribution in [0.5, 0.6) is 0 Å². The molecule has 0 unspecified atom stereocenters. The van der Waals surface area contributed by atoms with Gasteiger partial charge in [-0.3, -0.25) is 4.79 Å². The number of benzene rings is 2. The molecule has 2 nitrogen and oxygen atoms in total. The van der Waals surface area contributed by atoms with Crippen LogP contribution in [0.25, 0.3) is 17.0 Å². The van der Waals surface area contributed by atoms with Crippen LogP contribution < -0.4 is 0 Å². The van der Waals surface area contributed by atoms with E-state index in [0.29, 0.717) is 6.54 Å². The van der Waals surface area contributed by atoms with E-state index in [4.69, 9.17) is 0 Å². The maximum Gasteiger partial charge on any atom is 0.207 e. The number of rotatable bonds is 1. The maximum absolute atomic E-state index is 12.5. The molecule has 20 heavy (non-hydrogen) atoms. The van der Waals surface area contributed by atoms with E-state index in [2.05, 4.69) is 16.7 Å². The zero-order chi connectivity index (χ0) is 13.5. The molecule has 0 atom stereocenters. The number of Topliss-reactive ketones (excluding diaryl/α,β-unsaturated/α-hetero) is 1. The van der Waals surface area contributed by atoms with Gasteiger partial charge in [-0.2, -0.15) is 0 Å². The average Bonchev–Trinajstić information content (AvgIpc) is 2.99. The molecule has 0 saturated heterocycles. The van der Waals surface area contributed by atoms with Crippen molar-refractivity contribution in [2.45, 2.75) is 6.54 Å². The lowest BCUT2D eigenvalue weighted by atomic mass is 10.1. The van der Waals surface area contributed by atoms with Crippen LogP contribution in [0.2, 0.25) is 0 Å². The molecule has 3 aromatic rings. The van der Waals surface area contributed by atoms with Crippen LogP contribution in [0.3, 0.4) is 0 Å². The summed E-state index contributed by atoms with van der Waals surface area (Å²) >= 11 is 0. The van der Waals surface area contributed by atoms with Crippen molar-refractivity contribution >= 4 is 22.8 Å². The Morgan fingerprint density at radius 2 is 1.70 bits per heavy atom. The van der Waals surface area contributed by atoms with Crippen molar-refractivity contribution in [3.05, 3.63) is 77.5 Å². The van der Waals surface area contributed by atoms with Crippen LogP contribution >= 0.6 is 0 Å². The number of ketones is 1. The zero-order valence-corrected chi connectivity index (χ0v) is 10.9. The third kappa shape index (κ3) is 1.62. The predicted octanol–water partition coefficient (Wildman–Crippen LogP) is 3.92. The molecule has 0 N–H and O–H groups in total. The summed E-state index contributed by atoms with van der Waals surface area (Å²) in [6.45, 7) is 0.663. The maximum atomic E-state index is 12.5. The van der Waals surface area contributed by atoms with E-state index in [0.717, 1.165) is 27.7 Å². The minimum Gasteiger partial charge on any atom is -0.333 e. The minimum absolute atomic E-state index is 0.144. The summed E-state index contributed by atoms with van der Waals surface area (Å²) in [6.07, 6.45) is 1.99. The van der Waals surface area contributed by atoms with Crippen molar-refractivity contribution < 1.29 is 4.79 Å². The third-order valence-corrected chi connectivity index (χ3v) is 3.80. The van der Waals surface area contributed by atoms with Crippen LogP contribution in [0, 0.1) is 0 Å². The number of hydrogen-bond acceptors (Lipinski definition) is 1. The van der Waals surface area contributed by atoms with Gasteiger partial charge in [-0.1, -0.05) is 48.5 Å². The smallest absolute Gasteiger partial charge is 0.207 e. The second-order valence-electron chi connectivity index (χ2n) is 5.08. The van der Waals surface area contributed by atoms with Gasteiger partial charge >= 0.3 is 0 Å². The Hall–Kier alpha value is -2.61. The number of aromatic nitrogens is 1. The highest BCUT2D eigenvalue weighted by Crippen LogP contribution is 2.29. The van der Waals surface area contributed by atoms with E-state index < -0.39 is 0 Å². The Kier molecular flexibility index (Phi) is 2.36. The number of hydrogen-bond donors (Lipinski definition) is 0. The van der Waals surface area contributed by atoms with Gasteiger partial charge in [0.1, 0.15) is 0 Å². The van der Waals surface area contributed by atoms with Crippen LogP contribution in [0.1, 0.15) is 16.1 Å². The van der Waals surface area contributed by atoms with E-state index in [1.807, 2.05) is 54.6 Å². The fourth-order valence-electron chi connectivity index (χ4n) is 2.84. The van der Waals surface area contributed by atoms with Crippen molar-refractivity contribution in [2.75, 3.05) is 0 Å². The van der Waals surface area contributed by atoms with Gasteiger partial charge in [0, 0.05) is 16.5 Å². The standard InChI is InChI=1S/C18H13NO/c20-18-15(10-13-6-2-1-3-7-13)12-19-16-9-5-4-8-14(16)11-17(18)19/h1-11H,12H2/b15-10+. The Morgan fingerprint density at radius 1 is 0.950 bits per heavy atom. The summed E-state index contributed by atoms with van der Waals surface area (Å²) in [6, 6.07) is 20.1. The third-order valence-electron chi connectivity index (χ3n) is 3.80. The highest BCUT2D eigenvalue weighted by molar-refractivity contribution is 6.15. The van der Waals surface area contributed by atoms with Gasteiger partial charge in [0.05, 0.1) is 12.2 Å². The quantitative estimate of drug-likeness (QED) is 0.607. The molecule has 2 aromatic carbocycles. The van der Waals surface area contributed by atoms with Gasteiger partial charge in [-0.15, -0.1) is 0 Å². The fraction of sp³-hybridized carbons (Fsp3) is 0.0556. The van der Waals surface area contributed by atoms with E-state index in [9.17, 15) is 4.79 Å². The van der Waals surface area contributed by atoms with Crippen molar-refractivity contribution in [3.8, 4) is 0 Å². The predicted molar refractivity (Wildman–Crippen MR) is 80.7 cm³/mol. The second kappa shape index (κ2) is 4.20. The summed E-state index contributed by atoms with van der Waals surface area (Å²) in [5, 5.41) is 1.13. The van der Waals surface area contributed by atoms with E-state index in [-0.39, 0.29) is 5.78 Å². The number of carbonyl (C=O) groups excluding carboxylic acids is 1. The first-order valence-electron chi connectivity index (χ1n) is 6.71. The first kappa shape index (κ1) is 11.2. The van der Waals surface area contributed by atoms with Gasteiger partial charge in [-0.05, 0) is 23.8 Å². The molecule has 0 spiro atoms. The van der Waals surface area contributed by atoms with Crippen LogP contribution in [0.4, 0.5) is 0 Å². The topological polar surface area (TPSA) is 22.0 Å². The molecule has 1 aromatic heterocycles. The van der Waals surface area contributed by atoms with Crippen molar-refractivity contribution in [1.82, 2.24) is 4.57 Å². The summed E-state index contributed by atoms with van der Waals surface area (Å²) in [4.78, 5) is 12.5. The number of fused-ring (bicyclic) bond motifs is 3. The van der Waals surface area contributed by atoms with Gasteiger partial charge in [0.25, 0.3) is 0 Å². The van der Waals surface area contributed by atoms with Gasteiger partial charge in [0.2, 0.25) is 5.78 Å². The molecule has 4 rings (SSSR count). The molecule has 1 aliphatic rings. The van der Waals surface area contributed by atoms with Crippen molar-refractivity contribution in [1.29, 1.82) is 0 Å². The summed E-state index contributed by atoms with van der Waals surface area (Å²) in [5.74, 6) is 0.144. The molecule has 0 amide bonds. The molecule has 96 valence electrons. The molecule has 2 heterocycles. The average molecular weight is 259 g/mol. The van der Waals surface area contributed by atoms with Crippen LogP contribution in [-0.4, -0.2) is 10.4 Å². The largest absolute Gasteiger partial charge is 0.333 e. The summed E-state index contributed by atoms with van der Waals surface area (Å²) in [7, 11) is 0. The normalized spacial score (nSPS) is 16.0. The number of carbonyl (C=O) groups is 1. The second-order valence-corrected chi connectivity index (χ2v) is 5.08. The molecule has 0 bridgehead atoms. The molecule has 0 fully saturated rings. The Labute approximate surface area is 117 Å². The lowest BCUT2D eigenvalue weighted by molar-refractivity contribution is 0.103. The van der Waals surface area contributed by atoms with Gasteiger partial charge in [0.15, 0.2) is 0 Å². The fourth-order valence-corrected chi connectivity index (χ4v) is 2.84. The van der Waals surface area contributed by atoms with Crippen molar-refractivity contribution in [2.24, 2.45) is 0 Å². The summed E-state index contributed by atoms with van der Waals surface area (Å²) in [5.41, 5.74) is 3.86. The van der Waals surface area contributed by atoms with E-state index in [1.54, 1.807) is 0 Å². The van der Waals surface area contributed by atoms with Crippen molar-refractivity contribution in [3.63, 3.8) is 0 Å². The molecule has 2 heteroatoms. The molecule has 1 aliphatic heterocycles. The van der Waals surface area contributed by atoms with E-state index in [1.165, 1.54) is 0 Å². The Morgan fingerprint density at radius 3 is 2.55 bits per heavy atom. The lowest BCUT2D eigenvalue weighted by Crippen LogP contribution is -1.94. The highest BCUT2D eigenvalue weighted by atomic mass is 16.1. The first-order valence-corrected chi connectivity index (χ1v) is 6.71. The monoisotopic (exact) mass is 259 g/mol. The Balaban J connectivity index is 1.81. The molecular weight excluding hydrogens is 246 g/mol. The minimum atomic E-state index is 0.144. The molecule has 0 saturated carbocycles. The molecular formula is C18H13NO. The van der Waals surface area contributed by atoms with E-state index >= 15 is 0 Å².